The molecule has 0 saturated carbocycles. The van der Waals surface area contributed by atoms with Gasteiger partial charge in [-0.25, -0.2) is 9.67 Å². The van der Waals surface area contributed by atoms with Crippen molar-refractivity contribution in [3.05, 3.63) is 82.4 Å². The first-order chi connectivity index (χ1) is 10.7. The molecule has 3 rings (SSSR count). The van der Waals surface area contributed by atoms with E-state index in [1.54, 1.807) is 11.0 Å². The zero-order valence-corrected chi connectivity index (χ0v) is 13.2. The number of hydrogen-bond acceptors (Lipinski definition) is 3. The first kappa shape index (κ1) is 15.0. The van der Waals surface area contributed by atoms with Crippen molar-refractivity contribution in [3.8, 4) is 0 Å². The minimum atomic E-state index is -0.661. The highest BCUT2D eigenvalue weighted by atomic mass is 35.5. The van der Waals surface area contributed by atoms with Crippen LogP contribution in [0.15, 0.2) is 61.2 Å². The van der Waals surface area contributed by atoms with Gasteiger partial charge in [0.2, 0.25) is 0 Å². The normalized spacial score (nSPS) is 11.6. The number of nitrogens with zero attached hydrogens (tertiary/aromatic N) is 3. The molecule has 1 heterocycles. The van der Waals surface area contributed by atoms with Crippen LogP contribution in [0.1, 0.15) is 11.1 Å². The molecule has 22 heavy (non-hydrogen) atoms. The van der Waals surface area contributed by atoms with Gasteiger partial charge in [0.1, 0.15) is 18.2 Å². The Hall–Kier alpha value is -1.88. The van der Waals surface area contributed by atoms with Gasteiger partial charge in [-0.2, -0.15) is 5.10 Å². The van der Waals surface area contributed by atoms with E-state index in [9.17, 15) is 0 Å². The van der Waals surface area contributed by atoms with Gasteiger partial charge in [0, 0.05) is 16.6 Å². The van der Waals surface area contributed by atoms with E-state index in [0.717, 1.165) is 11.1 Å². The Kier molecular flexibility index (Phi) is 4.16. The molecule has 1 aromatic heterocycles. The van der Waals surface area contributed by atoms with E-state index in [0.29, 0.717) is 16.6 Å². The lowest BCUT2D eigenvalue weighted by Gasteiger charge is -2.34. The minimum Gasteiger partial charge on any atom is -0.328 e. The molecule has 2 N–H and O–H groups in total. The van der Waals surface area contributed by atoms with Crippen LogP contribution < -0.4 is 5.73 Å². The van der Waals surface area contributed by atoms with E-state index < -0.39 is 5.54 Å². The van der Waals surface area contributed by atoms with Crippen molar-refractivity contribution in [3.63, 3.8) is 0 Å². The number of nitrogens with two attached hydrogens (primary N) is 1. The van der Waals surface area contributed by atoms with Crippen LogP contribution in [0.3, 0.4) is 0 Å². The molecule has 4 nitrogen and oxygen atoms in total. The van der Waals surface area contributed by atoms with Crippen molar-refractivity contribution < 1.29 is 0 Å². The summed E-state index contributed by atoms with van der Waals surface area (Å²) < 4.78 is 1.76. The lowest BCUT2D eigenvalue weighted by molar-refractivity contribution is 0.396. The monoisotopic (exact) mass is 332 g/mol. The number of benzene rings is 2. The SMILES string of the molecule is NCC(c1ccc(Cl)cc1)(c1ccc(Cl)cc1)n1cncn1. The van der Waals surface area contributed by atoms with Gasteiger partial charge in [0.05, 0.1) is 0 Å². The van der Waals surface area contributed by atoms with Crippen LogP contribution in [0.2, 0.25) is 10.0 Å². The first-order valence-corrected chi connectivity index (χ1v) is 7.49. The fourth-order valence-electron chi connectivity index (χ4n) is 2.62. The van der Waals surface area contributed by atoms with E-state index in [4.69, 9.17) is 28.9 Å². The summed E-state index contributed by atoms with van der Waals surface area (Å²) in [6.45, 7) is 0.319. The van der Waals surface area contributed by atoms with Gasteiger partial charge in [-0.3, -0.25) is 0 Å². The maximum Gasteiger partial charge on any atom is 0.137 e. The van der Waals surface area contributed by atoms with Crippen molar-refractivity contribution in [2.45, 2.75) is 5.54 Å². The summed E-state index contributed by atoms with van der Waals surface area (Å²) in [7, 11) is 0. The van der Waals surface area contributed by atoms with E-state index in [1.807, 2.05) is 48.5 Å². The molecule has 2 aromatic carbocycles. The third kappa shape index (κ3) is 2.50. The zero-order valence-electron chi connectivity index (χ0n) is 11.7. The predicted molar refractivity (Wildman–Crippen MR) is 88.2 cm³/mol. The molecule has 0 saturated heterocycles. The third-order valence-corrected chi connectivity index (χ3v) is 4.25. The number of hydrogen-bond donors (Lipinski definition) is 1. The van der Waals surface area contributed by atoms with Gasteiger partial charge in [-0.05, 0) is 35.4 Å². The molecule has 0 aliphatic heterocycles. The fourth-order valence-corrected chi connectivity index (χ4v) is 2.87. The highest BCUT2D eigenvalue weighted by molar-refractivity contribution is 6.30. The molecule has 0 bridgehead atoms. The summed E-state index contributed by atoms with van der Waals surface area (Å²) in [5.74, 6) is 0. The average Bonchev–Trinajstić information content (AvgIpc) is 3.07. The summed E-state index contributed by atoms with van der Waals surface area (Å²) in [6, 6.07) is 15.2. The Morgan fingerprint density at radius 2 is 1.41 bits per heavy atom. The maximum atomic E-state index is 6.18. The summed E-state index contributed by atoms with van der Waals surface area (Å²) in [4.78, 5) is 4.07. The Morgan fingerprint density at radius 1 is 0.909 bits per heavy atom. The van der Waals surface area contributed by atoms with Crippen LogP contribution in [0.4, 0.5) is 0 Å². The molecule has 0 spiro atoms. The molecule has 0 aliphatic rings. The van der Waals surface area contributed by atoms with Gasteiger partial charge in [0.15, 0.2) is 0 Å². The fraction of sp³-hybridized carbons (Fsp3) is 0.125. The Labute approximate surface area is 138 Å². The smallest absolute Gasteiger partial charge is 0.137 e. The maximum absolute atomic E-state index is 6.18. The third-order valence-electron chi connectivity index (χ3n) is 3.75. The molecule has 3 aromatic rings. The molecule has 6 heteroatoms. The molecular formula is C16H14Cl2N4. The summed E-state index contributed by atoms with van der Waals surface area (Å²) in [5.41, 5.74) is 7.48. The molecule has 0 atom stereocenters. The number of aromatic nitrogens is 3. The second-order valence-corrected chi connectivity index (χ2v) is 5.79. The lowest BCUT2D eigenvalue weighted by atomic mass is 9.83. The zero-order chi connectivity index (χ0) is 15.6. The van der Waals surface area contributed by atoms with E-state index in [2.05, 4.69) is 10.1 Å². The molecule has 0 amide bonds. The van der Waals surface area contributed by atoms with Crippen LogP contribution >= 0.6 is 23.2 Å². The summed E-state index contributed by atoms with van der Waals surface area (Å²) in [6.07, 6.45) is 3.16. The Morgan fingerprint density at radius 3 is 1.77 bits per heavy atom. The standard InChI is InChI=1S/C16H14Cl2N4/c17-14-5-1-12(2-6-14)16(9-19,22-11-20-10-21-22)13-3-7-15(18)8-4-13/h1-8,10-11H,9,19H2. The van der Waals surface area contributed by atoms with Gasteiger partial charge in [0.25, 0.3) is 0 Å². The Balaban J connectivity index is 2.25. The number of rotatable bonds is 4. The number of halogens is 2. The quantitative estimate of drug-likeness (QED) is 0.797. The predicted octanol–water partition coefficient (Wildman–Crippen LogP) is 3.34. The molecule has 0 radical (unpaired) electrons. The second-order valence-electron chi connectivity index (χ2n) is 4.92. The van der Waals surface area contributed by atoms with E-state index in [-0.39, 0.29) is 0 Å². The highest BCUT2D eigenvalue weighted by Gasteiger charge is 2.36. The van der Waals surface area contributed by atoms with Gasteiger partial charge in [-0.15, -0.1) is 0 Å². The topological polar surface area (TPSA) is 56.7 Å². The Bertz CT molecular complexity index is 691. The van der Waals surface area contributed by atoms with Crippen molar-refractivity contribution in [2.24, 2.45) is 5.73 Å². The van der Waals surface area contributed by atoms with Gasteiger partial charge < -0.3 is 5.73 Å². The van der Waals surface area contributed by atoms with E-state index in [1.165, 1.54) is 6.33 Å². The molecule has 0 fully saturated rings. The molecule has 0 unspecified atom stereocenters. The lowest BCUT2D eigenvalue weighted by Crippen LogP contribution is -2.43. The van der Waals surface area contributed by atoms with Crippen LogP contribution in [0.5, 0.6) is 0 Å². The van der Waals surface area contributed by atoms with Crippen LogP contribution in [-0.2, 0) is 5.54 Å². The van der Waals surface area contributed by atoms with Crippen molar-refractivity contribution in [2.75, 3.05) is 6.54 Å². The molecule has 112 valence electrons. The van der Waals surface area contributed by atoms with Gasteiger partial charge >= 0.3 is 0 Å². The highest BCUT2D eigenvalue weighted by Crippen LogP contribution is 2.33. The van der Waals surface area contributed by atoms with Crippen LogP contribution in [0, 0.1) is 0 Å². The second kappa shape index (κ2) is 6.08. The molecular weight excluding hydrogens is 319 g/mol. The first-order valence-electron chi connectivity index (χ1n) is 6.74. The van der Waals surface area contributed by atoms with Crippen molar-refractivity contribution in [1.82, 2.24) is 14.8 Å². The van der Waals surface area contributed by atoms with E-state index >= 15 is 0 Å². The average molecular weight is 333 g/mol. The van der Waals surface area contributed by atoms with Crippen molar-refractivity contribution >= 4 is 23.2 Å². The minimum absolute atomic E-state index is 0.319. The molecule has 0 aliphatic carbocycles. The largest absolute Gasteiger partial charge is 0.328 e. The van der Waals surface area contributed by atoms with Crippen molar-refractivity contribution in [1.29, 1.82) is 0 Å². The van der Waals surface area contributed by atoms with Gasteiger partial charge in [-0.1, -0.05) is 47.5 Å². The van der Waals surface area contributed by atoms with Crippen LogP contribution in [0.25, 0.3) is 0 Å². The summed E-state index contributed by atoms with van der Waals surface area (Å²) >= 11 is 12.0. The van der Waals surface area contributed by atoms with Crippen LogP contribution in [-0.4, -0.2) is 21.3 Å². The summed E-state index contributed by atoms with van der Waals surface area (Å²) in [5, 5.41) is 5.66.